The summed E-state index contributed by atoms with van der Waals surface area (Å²) in [4.78, 5) is 33.0. The Balaban J connectivity index is 0.000000362. The van der Waals surface area contributed by atoms with Crippen molar-refractivity contribution in [1.29, 1.82) is 0 Å². The van der Waals surface area contributed by atoms with E-state index >= 15 is 0 Å². The first-order valence-electron chi connectivity index (χ1n) is 6.29. The molecule has 0 aromatic carbocycles. The van der Waals surface area contributed by atoms with E-state index in [1.807, 2.05) is 6.92 Å². The number of imide groups is 1. The van der Waals surface area contributed by atoms with Gasteiger partial charge in [-0.1, -0.05) is 19.9 Å². The quantitative estimate of drug-likeness (QED) is 0.554. The zero-order valence-electron chi connectivity index (χ0n) is 11.2. The van der Waals surface area contributed by atoms with Crippen LogP contribution in [-0.4, -0.2) is 46.0 Å². The van der Waals surface area contributed by atoms with Crippen LogP contribution in [0.4, 0.5) is 0 Å². The lowest BCUT2D eigenvalue weighted by Crippen LogP contribution is -2.30. The van der Waals surface area contributed by atoms with Crippen LogP contribution in [0.15, 0.2) is 12.2 Å². The topological polar surface area (TPSA) is 94.9 Å². The van der Waals surface area contributed by atoms with E-state index < -0.39 is 5.97 Å². The number of carboxylic acid groups (broad SMARTS) is 1. The maximum absolute atomic E-state index is 10.9. The molecule has 0 spiro atoms. The molecule has 0 aliphatic carbocycles. The molecule has 1 heterocycles. The summed E-state index contributed by atoms with van der Waals surface area (Å²) < 4.78 is 0. The van der Waals surface area contributed by atoms with Gasteiger partial charge in [-0.05, 0) is 12.8 Å². The summed E-state index contributed by atoms with van der Waals surface area (Å²) in [7, 11) is 0. The molecular formula is C13H21NO5. The predicted molar refractivity (Wildman–Crippen MR) is 69.3 cm³/mol. The van der Waals surface area contributed by atoms with E-state index in [2.05, 4.69) is 6.58 Å². The van der Waals surface area contributed by atoms with Gasteiger partial charge in [-0.15, -0.1) is 0 Å². The minimum atomic E-state index is -0.883. The van der Waals surface area contributed by atoms with Gasteiger partial charge in [0, 0.05) is 31.6 Å². The highest BCUT2D eigenvalue weighted by atomic mass is 16.4. The first-order valence-corrected chi connectivity index (χ1v) is 6.29. The van der Waals surface area contributed by atoms with Gasteiger partial charge < -0.3 is 10.2 Å². The molecule has 1 fully saturated rings. The van der Waals surface area contributed by atoms with Gasteiger partial charge in [0.25, 0.3) is 0 Å². The van der Waals surface area contributed by atoms with E-state index in [9.17, 15) is 14.4 Å². The van der Waals surface area contributed by atoms with Gasteiger partial charge in [0.2, 0.25) is 11.8 Å². The monoisotopic (exact) mass is 271 g/mol. The summed E-state index contributed by atoms with van der Waals surface area (Å²) in [6.45, 7) is 5.66. The van der Waals surface area contributed by atoms with Crippen molar-refractivity contribution < 1.29 is 24.6 Å². The zero-order chi connectivity index (χ0) is 14.8. The van der Waals surface area contributed by atoms with Crippen LogP contribution < -0.4 is 0 Å². The van der Waals surface area contributed by atoms with Crippen molar-refractivity contribution >= 4 is 17.8 Å². The van der Waals surface area contributed by atoms with Crippen molar-refractivity contribution in [1.82, 2.24) is 4.90 Å². The Kier molecular flexibility index (Phi) is 8.44. The van der Waals surface area contributed by atoms with Crippen LogP contribution in [0.5, 0.6) is 0 Å². The minimum Gasteiger partial charge on any atom is -0.478 e. The molecule has 6 nitrogen and oxygen atoms in total. The highest BCUT2D eigenvalue weighted by molar-refractivity contribution is 6.01. The summed E-state index contributed by atoms with van der Waals surface area (Å²) in [5, 5.41) is 16.7. The average molecular weight is 271 g/mol. The molecule has 2 amide bonds. The Hall–Kier alpha value is -1.69. The molecule has 0 radical (unpaired) electrons. The number of carbonyl (C=O) groups excluding carboxylic acids is 2. The second kappa shape index (κ2) is 9.27. The van der Waals surface area contributed by atoms with E-state index in [4.69, 9.17) is 10.2 Å². The smallest absolute Gasteiger partial charge is 0.330 e. The Morgan fingerprint density at radius 3 is 2.16 bits per heavy atom. The molecule has 6 heteroatoms. The fourth-order valence-corrected chi connectivity index (χ4v) is 1.51. The number of aliphatic hydroxyl groups is 1. The molecular weight excluding hydrogens is 250 g/mol. The number of aliphatic hydroxyl groups excluding tert-OH is 1. The first kappa shape index (κ1) is 17.3. The molecule has 0 unspecified atom stereocenters. The number of likely N-dealkylation sites (tertiary alicyclic amines) is 1. The lowest BCUT2D eigenvalue weighted by Gasteiger charge is -2.11. The lowest BCUT2D eigenvalue weighted by molar-refractivity contribution is -0.138. The van der Waals surface area contributed by atoms with Crippen molar-refractivity contribution in [2.75, 3.05) is 13.2 Å². The van der Waals surface area contributed by atoms with E-state index in [0.717, 1.165) is 6.42 Å². The van der Waals surface area contributed by atoms with Crippen LogP contribution >= 0.6 is 0 Å². The molecule has 0 aromatic rings. The minimum absolute atomic E-state index is 0.0249. The molecule has 19 heavy (non-hydrogen) atoms. The van der Waals surface area contributed by atoms with Crippen molar-refractivity contribution in [3.8, 4) is 0 Å². The van der Waals surface area contributed by atoms with Crippen molar-refractivity contribution in [2.24, 2.45) is 0 Å². The van der Waals surface area contributed by atoms with E-state index in [-0.39, 0.29) is 18.4 Å². The van der Waals surface area contributed by atoms with Crippen molar-refractivity contribution in [2.45, 2.75) is 39.0 Å². The highest BCUT2D eigenvalue weighted by Gasteiger charge is 2.27. The van der Waals surface area contributed by atoms with Crippen molar-refractivity contribution in [3.05, 3.63) is 12.2 Å². The number of nitrogens with zero attached hydrogens (tertiary/aromatic N) is 1. The van der Waals surface area contributed by atoms with Crippen LogP contribution in [0.25, 0.3) is 0 Å². The van der Waals surface area contributed by atoms with Gasteiger partial charge in [-0.25, -0.2) is 4.79 Å². The highest BCUT2D eigenvalue weighted by Crippen LogP contribution is 2.11. The Morgan fingerprint density at radius 1 is 1.32 bits per heavy atom. The molecule has 1 saturated heterocycles. The maximum Gasteiger partial charge on any atom is 0.330 e. The fourth-order valence-electron chi connectivity index (χ4n) is 1.51. The maximum atomic E-state index is 10.9. The van der Waals surface area contributed by atoms with E-state index in [0.29, 0.717) is 37.8 Å². The zero-order valence-corrected chi connectivity index (χ0v) is 11.2. The second-order valence-corrected chi connectivity index (χ2v) is 4.17. The fraction of sp³-hybridized carbons (Fsp3) is 0.615. The number of hydrogen-bond donors (Lipinski definition) is 2. The summed E-state index contributed by atoms with van der Waals surface area (Å²) in [5.74, 6) is -1.10. The number of hydrogen-bond acceptors (Lipinski definition) is 4. The summed E-state index contributed by atoms with van der Waals surface area (Å²) in [5.41, 5.74) is 0.299. The van der Waals surface area contributed by atoms with Crippen molar-refractivity contribution in [3.63, 3.8) is 0 Å². The van der Waals surface area contributed by atoms with Gasteiger partial charge in [0.15, 0.2) is 0 Å². The number of rotatable bonds is 6. The summed E-state index contributed by atoms with van der Waals surface area (Å²) >= 11 is 0. The molecule has 2 N–H and O–H groups in total. The van der Waals surface area contributed by atoms with Crippen LogP contribution in [0, 0.1) is 0 Å². The van der Waals surface area contributed by atoms with Crippen LogP contribution in [0.1, 0.15) is 39.0 Å². The van der Waals surface area contributed by atoms with Crippen LogP contribution in [0.3, 0.4) is 0 Å². The van der Waals surface area contributed by atoms with E-state index in [1.54, 1.807) is 0 Å². The van der Waals surface area contributed by atoms with Gasteiger partial charge in [0.1, 0.15) is 0 Å². The molecule has 108 valence electrons. The summed E-state index contributed by atoms with van der Waals surface area (Å²) in [6, 6.07) is 0. The SMILES string of the molecule is C=C(CCC)C(=O)O.O=C1CCC(=O)N1CCCO. The third kappa shape index (κ3) is 6.71. The molecule has 1 rings (SSSR count). The first-order chi connectivity index (χ1) is 8.93. The largest absolute Gasteiger partial charge is 0.478 e. The van der Waals surface area contributed by atoms with E-state index in [1.165, 1.54) is 4.90 Å². The normalized spacial score (nSPS) is 14.1. The molecule has 1 aliphatic rings. The number of carboxylic acids is 1. The standard InChI is InChI=1S/C7H11NO3.C6H10O2/c9-5-1-4-8-6(10)2-3-7(8)11;1-3-4-5(2)6(7)8/h9H,1-5H2;2-4H2,1H3,(H,7,8). The van der Waals surface area contributed by atoms with Crippen LogP contribution in [0.2, 0.25) is 0 Å². The third-order valence-corrected chi connectivity index (χ3v) is 2.55. The Labute approximate surface area is 112 Å². The molecule has 0 atom stereocenters. The van der Waals surface area contributed by atoms with Crippen LogP contribution in [-0.2, 0) is 14.4 Å². The number of aliphatic carboxylic acids is 1. The second-order valence-electron chi connectivity index (χ2n) is 4.17. The lowest BCUT2D eigenvalue weighted by atomic mass is 10.2. The molecule has 0 bridgehead atoms. The molecule has 0 saturated carbocycles. The predicted octanol–water partition coefficient (Wildman–Crippen LogP) is 0.945. The van der Waals surface area contributed by atoms with Gasteiger partial charge in [-0.2, -0.15) is 0 Å². The Bertz CT molecular complexity index is 335. The number of carbonyl (C=O) groups is 3. The van der Waals surface area contributed by atoms with Gasteiger partial charge in [-0.3, -0.25) is 14.5 Å². The number of amides is 2. The Morgan fingerprint density at radius 2 is 1.84 bits per heavy atom. The molecule has 1 aliphatic heterocycles. The van der Waals surface area contributed by atoms with Gasteiger partial charge >= 0.3 is 5.97 Å². The molecule has 0 aromatic heterocycles. The van der Waals surface area contributed by atoms with Gasteiger partial charge in [0.05, 0.1) is 0 Å². The average Bonchev–Trinajstić information content (AvgIpc) is 2.68. The third-order valence-electron chi connectivity index (χ3n) is 2.55. The summed E-state index contributed by atoms with van der Waals surface area (Å²) in [6.07, 6.45) is 2.60.